The van der Waals surface area contributed by atoms with Crippen molar-refractivity contribution >= 4 is 5.97 Å². The molecule has 0 aliphatic carbocycles. The number of carboxylic acids is 1. The van der Waals surface area contributed by atoms with E-state index in [9.17, 15) is 9.90 Å². The lowest BCUT2D eigenvalue weighted by Crippen LogP contribution is -2.21. The van der Waals surface area contributed by atoms with E-state index in [1.54, 1.807) is 0 Å². The zero-order chi connectivity index (χ0) is 16.3. The summed E-state index contributed by atoms with van der Waals surface area (Å²) in [5, 5.41) is 13.8. The molecular formula is C19H42N2O2. The van der Waals surface area contributed by atoms with Gasteiger partial charge in [0.25, 0.3) is 0 Å². The number of nitrogens with one attached hydrogen (secondary N) is 1. The predicted octanol–water partition coefficient (Wildman–Crippen LogP) is 4.57. The molecule has 0 aliphatic rings. The van der Waals surface area contributed by atoms with Gasteiger partial charge in [-0.05, 0) is 38.8 Å². The van der Waals surface area contributed by atoms with Gasteiger partial charge < -0.3 is 21.4 Å². The van der Waals surface area contributed by atoms with Crippen LogP contribution >= 0.6 is 0 Å². The lowest BCUT2D eigenvalue weighted by Gasteiger charge is -2.05. The number of quaternary nitrogens is 1. The molecule has 0 bridgehead atoms. The Morgan fingerprint density at radius 1 is 0.696 bits per heavy atom. The highest BCUT2D eigenvalue weighted by Crippen LogP contribution is 2.08. The van der Waals surface area contributed by atoms with Crippen molar-refractivity contribution < 1.29 is 9.90 Å². The monoisotopic (exact) mass is 330 g/mol. The third-order valence-electron chi connectivity index (χ3n) is 4.19. The lowest BCUT2D eigenvalue weighted by molar-refractivity contribution is -0.305. The Hall–Kier alpha value is -0.610. The molecule has 4 nitrogen and oxygen atoms in total. The van der Waals surface area contributed by atoms with Crippen molar-refractivity contribution in [3.63, 3.8) is 0 Å². The molecule has 0 rings (SSSR count). The molecule has 4 heteroatoms. The highest BCUT2D eigenvalue weighted by atomic mass is 16.4. The van der Waals surface area contributed by atoms with E-state index < -0.39 is 5.97 Å². The molecule has 0 saturated heterocycles. The van der Waals surface area contributed by atoms with Crippen LogP contribution in [0.1, 0.15) is 103 Å². The molecule has 140 valence electrons. The number of aliphatic carboxylic acids is 1. The summed E-state index contributed by atoms with van der Waals surface area (Å²) in [5.41, 5.74) is 0. The third-order valence-corrected chi connectivity index (χ3v) is 4.19. The van der Waals surface area contributed by atoms with Crippen molar-refractivity contribution in [2.45, 2.75) is 103 Å². The Morgan fingerprint density at radius 3 is 1.52 bits per heavy atom. The van der Waals surface area contributed by atoms with Crippen LogP contribution in [-0.4, -0.2) is 19.1 Å². The molecule has 0 saturated carbocycles. The Labute approximate surface area is 144 Å². The predicted molar refractivity (Wildman–Crippen MR) is 98.8 cm³/mol. The van der Waals surface area contributed by atoms with Crippen LogP contribution in [0.25, 0.3) is 0 Å². The van der Waals surface area contributed by atoms with Gasteiger partial charge >= 0.3 is 0 Å². The second-order valence-electron chi connectivity index (χ2n) is 6.47. The van der Waals surface area contributed by atoms with Crippen LogP contribution in [0.4, 0.5) is 0 Å². The van der Waals surface area contributed by atoms with E-state index in [1.807, 2.05) is 0 Å². The molecule has 0 aromatic carbocycles. The Balaban J connectivity index is 0. The first-order valence-corrected chi connectivity index (χ1v) is 9.68. The summed E-state index contributed by atoms with van der Waals surface area (Å²) >= 11 is 0. The molecular weight excluding hydrogens is 288 g/mol. The third kappa shape index (κ3) is 23.8. The van der Waals surface area contributed by atoms with Crippen molar-refractivity contribution in [3.8, 4) is 0 Å². The van der Waals surface area contributed by atoms with Crippen LogP contribution < -0.4 is 16.6 Å². The summed E-state index contributed by atoms with van der Waals surface area (Å²) in [6.07, 6.45) is 18.0. The van der Waals surface area contributed by atoms with E-state index in [0.717, 1.165) is 19.4 Å². The number of carboxylic acid groups (broad SMARTS) is 1. The van der Waals surface area contributed by atoms with E-state index >= 15 is 0 Å². The minimum absolute atomic E-state index is 0. The first kappa shape index (κ1) is 24.6. The topological polar surface area (TPSA) is 88.7 Å². The van der Waals surface area contributed by atoms with Gasteiger partial charge in [-0.2, -0.15) is 0 Å². The molecule has 0 aliphatic heterocycles. The minimum atomic E-state index is -0.910. The Bertz CT molecular complexity index is 235. The summed E-state index contributed by atoms with van der Waals surface area (Å²) in [5.74, 6) is -0.910. The first-order valence-electron chi connectivity index (χ1n) is 9.68. The van der Waals surface area contributed by atoms with Crippen LogP contribution in [0.3, 0.4) is 0 Å². The molecule has 5 N–H and O–H groups in total. The molecule has 0 radical (unpaired) electrons. The number of unbranched alkanes of at least 4 members (excludes halogenated alkanes) is 12. The van der Waals surface area contributed by atoms with Gasteiger partial charge in [0.15, 0.2) is 0 Å². The fourth-order valence-electron chi connectivity index (χ4n) is 2.74. The van der Waals surface area contributed by atoms with E-state index in [2.05, 4.69) is 12.2 Å². The molecule has 0 spiro atoms. The molecule has 23 heavy (non-hydrogen) atoms. The zero-order valence-electron chi connectivity index (χ0n) is 15.8. The Morgan fingerprint density at radius 2 is 1.09 bits per heavy atom. The zero-order valence-corrected chi connectivity index (χ0v) is 15.8. The average Bonchev–Trinajstić information content (AvgIpc) is 2.50. The van der Waals surface area contributed by atoms with Gasteiger partial charge in [0.2, 0.25) is 0 Å². The highest BCUT2D eigenvalue weighted by Gasteiger charge is 1.94. The van der Waals surface area contributed by atoms with E-state index in [4.69, 9.17) is 0 Å². The van der Waals surface area contributed by atoms with Gasteiger partial charge in [0.05, 0.1) is 0 Å². The standard InChI is InChI=1S/C19H39NO2.H3N/c1-2-3-4-5-8-11-14-17-20-18-15-12-9-6-7-10-13-16-19(21)22;/h20H,2-18H2,1H3,(H,21,22);1H3. The van der Waals surface area contributed by atoms with Crippen molar-refractivity contribution in [1.29, 1.82) is 0 Å². The van der Waals surface area contributed by atoms with Crippen molar-refractivity contribution in [2.24, 2.45) is 0 Å². The van der Waals surface area contributed by atoms with Crippen LogP contribution in [0.15, 0.2) is 0 Å². The summed E-state index contributed by atoms with van der Waals surface area (Å²) in [4.78, 5) is 10.2. The van der Waals surface area contributed by atoms with Gasteiger partial charge in [0.1, 0.15) is 0 Å². The maximum atomic E-state index is 10.2. The number of rotatable bonds is 18. The second-order valence-corrected chi connectivity index (χ2v) is 6.47. The van der Waals surface area contributed by atoms with Gasteiger partial charge in [-0.15, -0.1) is 0 Å². The van der Waals surface area contributed by atoms with Crippen molar-refractivity contribution in [3.05, 3.63) is 0 Å². The smallest absolute Gasteiger partial charge is 0.0414 e. The number of hydrogen-bond donors (Lipinski definition) is 2. The summed E-state index contributed by atoms with van der Waals surface area (Å²) in [6, 6.07) is 0. The van der Waals surface area contributed by atoms with E-state index in [1.165, 1.54) is 83.6 Å². The molecule has 0 aromatic rings. The largest absolute Gasteiger partial charge is 0.550 e. The van der Waals surface area contributed by atoms with E-state index in [-0.39, 0.29) is 12.6 Å². The van der Waals surface area contributed by atoms with Crippen LogP contribution in [0.2, 0.25) is 0 Å². The number of carbonyl (C=O) groups is 1. The Kier molecular flexibility index (Phi) is 22.9. The lowest BCUT2D eigenvalue weighted by atomic mass is 10.1. The van der Waals surface area contributed by atoms with Gasteiger partial charge in [-0.3, -0.25) is 0 Å². The normalized spacial score (nSPS) is 10.5. The minimum Gasteiger partial charge on any atom is -0.550 e. The van der Waals surface area contributed by atoms with Gasteiger partial charge in [0, 0.05) is 5.97 Å². The van der Waals surface area contributed by atoms with Crippen molar-refractivity contribution in [2.75, 3.05) is 13.1 Å². The molecule has 0 fully saturated rings. The number of hydrogen-bond acceptors (Lipinski definition) is 3. The first-order chi connectivity index (χ1) is 10.8. The maximum absolute atomic E-state index is 10.2. The van der Waals surface area contributed by atoms with Gasteiger partial charge in [-0.1, -0.05) is 77.6 Å². The molecule has 0 unspecified atom stereocenters. The van der Waals surface area contributed by atoms with Crippen LogP contribution in [-0.2, 0) is 4.79 Å². The summed E-state index contributed by atoms with van der Waals surface area (Å²) in [6.45, 7) is 4.60. The molecule has 0 amide bonds. The molecule has 0 aromatic heterocycles. The van der Waals surface area contributed by atoms with Crippen LogP contribution in [0, 0.1) is 0 Å². The second kappa shape index (κ2) is 21.4. The highest BCUT2D eigenvalue weighted by molar-refractivity contribution is 5.63. The fourth-order valence-corrected chi connectivity index (χ4v) is 2.74. The maximum Gasteiger partial charge on any atom is 0.0414 e. The van der Waals surface area contributed by atoms with Crippen LogP contribution in [0.5, 0.6) is 0 Å². The average molecular weight is 331 g/mol. The number of carbonyl (C=O) groups excluding carboxylic acids is 1. The molecule has 0 heterocycles. The quantitative estimate of drug-likeness (QED) is 0.361. The fraction of sp³-hybridized carbons (Fsp3) is 0.947. The molecule has 0 atom stereocenters. The van der Waals surface area contributed by atoms with Gasteiger partial charge in [-0.25, -0.2) is 0 Å². The van der Waals surface area contributed by atoms with E-state index in [0.29, 0.717) is 0 Å². The van der Waals surface area contributed by atoms with Crippen molar-refractivity contribution in [1.82, 2.24) is 11.5 Å². The summed E-state index contributed by atoms with van der Waals surface area (Å²) in [7, 11) is 0. The summed E-state index contributed by atoms with van der Waals surface area (Å²) < 4.78 is 0. The SMILES string of the molecule is CCCCCCCCCNCCCCCCCCCC(=O)[O-].[NH4+].